The molecule has 0 aliphatic heterocycles. The second-order valence-electron chi connectivity index (χ2n) is 7.81. The number of benzene rings is 2. The number of anilines is 1. The molecule has 164 valence electrons. The van der Waals surface area contributed by atoms with Gasteiger partial charge in [-0.1, -0.05) is 49.9 Å². The summed E-state index contributed by atoms with van der Waals surface area (Å²) in [5.41, 5.74) is 4.28. The maximum absolute atomic E-state index is 12.4. The number of hydrogen-bond donors (Lipinski definition) is 1. The second kappa shape index (κ2) is 10.5. The van der Waals surface area contributed by atoms with E-state index in [1.807, 2.05) is 55.7 Å². The van der Waals surface area contributed by atoms with Gasteiger partial charge >= 0.3 is 0 Å². The quantitative estimate of drug-likeness (QED) is 0.456. The Morgan fingerprint density at radius 3 is 2.55 bits per heavy atom. The number of carbonyl (C=O) groups is 1. The summed E-state index contributed by atoms with van der Waals surface area (Å²) >= 11 is 1.38. The largest absolute Gasteiger partial charge is 0.486 e. The summed E-state index contributed by atoms with van der Waals surface area (Å²) in [4.78, 5) is 12.4. The Morgan fingerprint density at radius 2 is 1.87 bits per heavy atom. The molecule has 3 aromatic rings. The average molecular weight is 439 g/mol. The highest BCUT2D eigenvalue weighted by Crippen LogP contribution is 2.22. The number of thioether (sulfide) groups is 1. The van der Waals surface area contributed by atoms with E-state index in [4.69, 9.17) is 4.74 Å². The highest BCUT2D eigenvalue weighted by atomic mass is 32.2. The lowest BCUT2D eigenvalue weighted by Gasteiger charge is -2.11. The molecule has 0 fully saturated rings. The zero-order chi connectivity index (χ0) is 22.4. The van der Waals surface area contributed by atoms with Gasteiger partial charge in [0.15, 0.2) is 11.0 Å². The van der Waals surface area contributed by atoms with E-state index < -0.39 is 0 Å². The minimum atomic E-state index is -0.0626. The van der Waals surface area contributed by atoms with Gasteiger partial charge in [0.2, 0.25) is 5.91 Å². The standard InChI is InChI=1S/C24H30N4O2S/c1-6-28-22(14-30-20-11-9-19(10-12-20)16(2)3)26-27-24(28)31-15-23(29)25-21-13-17(4)7-8-18(21)5/h7-13,16H,6,14-15H2,1-5H3,(H,25,29). The summed E-state index contributed by atoms with van der Waals surface area (Å²) in [5, 5.41) is 12.2. The van der Waals surface area contributed by atoms with E-state index >= 15 is 0 Å². The first-order valence-corrected chi connectivity index (χ1v) is 11.5. The second-order valence-corrected chi connectivity index (χ2v) is 8.75. The summed E-state index contributed by atoms with van der Waals surface area (Å²) in [7, 11) is 0. The normalized spacial score (nSPS) is 11.0. The van der Waals surface area contributed by atoms with Gasteiger partial charge in [0, 0.05) is 12.2 Å². The van der Waals surface area contributed by atoms with Crippen LogP contribution in [0.1, 0.15) is 49.2 Å². The molecule has 0 bridgehead atoms. The Hall–Kier alpha value is -2.80. The lowest BCUT2D eigenvalue weighted by Crippen LogP contribution is -2.15. The van der Waals surface area contributed by atoms with Crippen LogP contribution in [0.5, 0.6) is 5.75 Å². The van der Waals surface area contributed by atoms with Gasteiger partial charge in [-0.3, -0.25) is 4.79 Å². The SMILES string of the molecule is CCn1c(COc2ccc(C(C)C)cc2)nnc1SCC(=O)Nc1cc(C)ccc1C. The van der Waals surface area contributed by atoms with Crippen molar-refractivity contribution in [2.24, 2.45) is 0 Å². The first-order chi connectivity index (χ1) is 14.9. The van der Waals surface area contributed by atoms with Crippen LogP contribution in [0.4, 0.5) is 5.69 Å². The molecule has 0 spiro atoms. The van der Waals surface area contributed by atoms with E-state index in [2.05, 4.69) is 41.5 Å². The predicted octanol–water partition coefficient (Wildman–Crippen LogP) is 5.35. The minimum Gasteiger partial charge on any atom is -0.486 e. The van der Waals surface area contributed by atoms with E-state index in [9.17, 15) is 4.79 Å². The van der Waals surface area contributed by atoms with Gasteiger partial charge in [-0.25, -0.2) is 0 Å². The van der Waals surface area contributed by atoms with Gasteiger partial charge < -0.3 is 14.6 Å². The van der Waals surface area contributed by atoms with Gasteiger partial charge in [-0.05, 0) is 61.6 Å². The van der Waals surface area contributed by atoms with Gasteiger partial charge in [-0.15, -0.1) is 10.2 Å². The lowest BCUT2D eigenvalue weighted by atomic mass is 10.0. The van der Waals surface area contributed by atoms with Crippen molar-refractivity contribution in [1.82, 2.24) is 14.8 Å². The van der Waals surface area contributed by atoms with Gasteiger partial charge in [0.1, 0.15) is 12.4 Å². The van der Waals surface area contributed by atoms with Gasteiger partial charge in [0.05, 0.1) is 5.75 Å². The van der Waals surface area contributed by atoms with Crippen molar-refractivity contribution in [3.05, 3.63) is 65.0 Å². The molecule has 1 aromatic heterocycles. The molecule has 0 atom stereocenters. The number of ether oxygens (including phenoxy) is 1. The molecule has 0 aliphatic carbocycles. The van der Waals surface area contributed by atoms with Gasteiger partial charge in [0.25, 0.3) is 0 Å². The maximum atomic E-state index is 12.4. The van der Waals surface area contributed by atoms with Crippen molar-refractivity contribution < 1.29 is 9.53 Å². The van der Waals surface area contributed by atoms with E-state index in [0.29, 0.717) is 24.2 Å². The Bertz CT molecular complexity index is 1030. The number of amides is 1. The first kappa shape index (κ1) is 22.9. The third kappa shape index (κ3) is 6.10. The Morgan fingerprint density at radius 1 is 1.13 bits per heavy atom. The predicted molar refractivity (Wildman–Crippen MR) is 126 cm³/mol. The number of aryl methyl sites for hydroxylation is 2. The Kier molecular flexibility index (Phi) is 7.74. The smallest absolute Gasteiger partial charge is 0.234 e. The van der Waals surface area contributed by atoms with Crippen LogP contribution >= 0.6 is 11.8 Å². The first-order valence-electron chi connectivity index (χ1n) is 10.5. The molecule has 2 aromatic carbocycles. The van der Waals surface area contributed by atoms with Crippen LogP contribution in [0.2, 0.25) is 0 Å². The molecule has 3 rings (SSSR count). The zero-order valence-electron chi connectivity index (χ0n) is 18.8. The molecule has 6 nitrogen and oxygen atoms in total. The van der Waals surface area contributed by atoms with Crippen molar-refractivity contribution in [1.29, 1.82) is 0 Å². The van der Waals surface area contributed by atoms with Crippen LogP contribution < -0.4 is 10.1 Å². The molecule has 1 N–H and O–H groups in total. The van der Waals surface area contributed by atoms with E-state index in [-0.39, 0.29) is 11.7 Å². The highest BCUT2D eigenvalue weighted by molar-refractivity contribution is 7.99. The molecule has 0 radical (unpaired) electrons. The summed E-state index contributed by atoms with van der Waals surface area (Å²) in [5.74, 6) is 2.24. The van der Waals surface area contributed by atoms with E-state index in [1.165, 1.54) is 17.3 Å². The number of nitrogens with one attached hydrogen (secondary N) is 1. The molecule has 1 amide bonds. The van der Waals surface area contributed by atoms with Crippen molar-refractivity contribution in [2.75, 3.05) is 11.1 Å². The summed E-state index contributed by atoms with van der Waals surface area (Å²) in [6.07, 6.45) is 0. The molecular formula is C24H30N4O2S. The molecule has 0 saturated heterocycles. The summed E-state index contributed by atoms with van der Waals surface area (Å²) < 4.78 is 7.88. The number of carbonyl (C=O) groups excluding carboxylic acids is 1. The number of nitrogens with zero attached hydrogens (tertiary/aromatic N) is 3. The van der Waals surface area contributed by atoms with Crippen LogP contribution in [0.3, 0.4) is 0 Å². The number of aromatic nitrogens is 3. The number of rotatable bonds is 9. The van der Waals surface area contributed by atoms with Crippen molar-refractivity contribution in [2.45, 2.75) is 58.8 Å². The van der Waals surface area contributed by atoms with Crippen molar-refractivity contribution >= 4 is 23.4 Å². The third-order valence-electron chi connectivity index (χ3n) is 5.02. The van der Waals surface area contributed by atoms with E-state index in [1.54, 1.807) is 0 Å². The summed E-state index contributed by atoms with van der Waals surface area (Å²) in [6.45, 7) is 11.4. The zero-order valence-corrected chi connectivity index (χ0v) is 19.6. The summed E-state index contributed by atoms with van der Waals surface area (Å²) in [6, 6.07) is 14.2. The van der Waals surface area contributed by atoms with Crippen molar-refractivity contribution in [3.63, 3.8) is 0 Å². The van der Waals surface area contributed by atoms with E-state index in [0.717, 1.165) is 28.4 Å². The molecule has 31 heavy (non-hydrogen) atoms. The monoisotopic (exact) mass is 438 g/mol. The Balaban J connectivity index is 1.58. The fourth-order valence-electron chi connectivity index (χ4n) is 3.13. The molecule has 0 aliphatic rings. The van der Waals surface area contributed by atoms with Crippen LogP contribution in [0.15, 0.2) is 47.6 Å². The number of hydrogen-bond acceptors (Lipinski definition) is 5. The molecule has 7 heteroatoms. The lowest BCUT2D eigenvalue weighted by molar-refractivity contribution is -0.113. The fourth-order valence-corrected chi connectivity index (χ4v) is 3.96. The highest BCUT2D eigenvalue weighted by Gasteiger charge is 2.14. The maximum Gasteiger partial charge on any atom is 0.234 e. The van der Waals surface area contributed by atoms with Crippen LogP contribution in [-0.2, 0) is 17.9 Å². The minimum absolute atomic E-state index is 0.0626. The molecule has 0 saturated carbocycles. The topological polar surface area (TPSA) is 69.0 Å². The average Bonchev–Trinajstić information content (AvgIpc) is 3.15. The molecule has 1 heterocycles. The van der Waals surface area contributed by atoms with Crippen LogP contribution in [-0.4, -0.2) is 26.4 Å². The third-order valence-corrected chi connectivity index (χ3v) is 5.99. The fraction of sp³-hybridized carbons (Fsp3) is 0.375. The van der Waals surface area contributed by atoms with Crippen LogP contribution in [0.25, 0.3) is 0 Å². The van der Waals surface area contributed by atoms with Gasteiger partial charge in [-0.2, -0.15) is 0 Å². The molecular weight excluding hydrogens is 408 g/mol. The Labute approximate surface area is 188 Å². The van der Waals surface area contributed by atoms with Crippen molar-refractivity contribution in [3.8, 4) is 5.75 Å². The molecule has 0 unspecified atom stereocenters. The van der Waals surface area contributed by atoms with Crippen LogP contribution in [0, 0.1) is 13.8 Å².